The van der Waals surface area contributed by atoms with Crippen LogP contribution in [0.2, 0.25) is 0 Å². The number of aliphatic carboxylic acids is 1. The molecule has 0 bridgehead atoms. The number of rotatable bonds is 4. The van der Waals surface area contributed by atoms with Crippen molar-refractivity contribution in [2.75, 3.05) is 14.2 Å². The lowest BCUT2D eigenvalue weighted by molar-refractivity contribution is -0.278. The molecular formula is C12H21NO6. The van der Waals surface area contributed by atoms with Crippen molar-refractivity contribution < 1.29 is 28.9 Å². The molecule has 110 valence electrons. The van der Waals surface area contributed by atoms with Gasteiger partial charge in [-0.05, 0) is 20.8 Å². The summed E-state index contributed by atoms with van der Waals surface area (Å²) < 4.78 is 15.3. The second-order valence-electron chi connectivity index (χ2n) is 5.69. The van der Waals surface area contributed by atoms with Gasteiger partial charge in [-0.25, -0.2) is 9.59 Å². The van der Waals surface area contributed by atoms with Gasteiger partial charge in [0, 0.05) is 27.1 Å². The molecule has 0 unspecified atom stereocenters. The number of carbonyl (C=O) groups is 2. The molecule has 1 saturated carbocycles. The quantitative estimate of drug-likeness (QED) is 0.747. The number of methoxy groups -OCH3 is 2. The van der Waals surface area contributed by atoms with Crippen LogP contribution in [-0.2, 0) is 19.0 Å². The number of alkyl carbamates (subject to hydrolysis) is 1. The monoisotopic (exact) mass is 275 g/mol. The van der Waals surface area contributed by atoms with E-state index in [-0.39, 0.29) is 12.8 Å². The van der Waals surface area contributed by atoms with E-state index in [9.17, 15) is 14.7 Å². The summed E-state index contributed by atoms with van der Waals surface area (Å²) in [4.78, 5) is 23.0. The summed E-state index contributed by atoms with van der Waals surface area (Å²) in [5, 5.41) is 11.7. The molecule has 2 N–H and O–H groups in total. The first-order valence-corrected chi connectivity index (χ1v) is 5.93. The molecule has 1 amide bonds. The molecule has 7 nitrogen and oxygen atoms in total. The van der Waals surface area contributed by atoms with Crippen LogP contribution in [0.1, 0.15) is 33.6 Å². The molecule has 1 rings (SSSR count). The van der Waals surface area contributed by atoms with Crippen LogP contribution in [0.25, 0.3) is 0 Å². The molecular weight excluding hydrogens is 254 g/mol. The van der Waals surface area contributed by atoms with Crippen molar-refractivity contribution in [2.24, 2.45) is 0 Å². The maximum Gasteiger partial charge on any atom is 0.408 e. The number of hydrogen-bond acceptors (Lipinski definition) is 5. The highest BCUT2D eigenvalue weighted by molar-refractivity contribution is 5.86. The highest BCUT2D eigenvalue weighted by Gasteiger charge is 2.62. The minimum absolute atomic E-state index is 0.0293. The van der Waals surface area contributed by atoms with Crippen LogP contribution in [0.3, 0.4) is 0 Å². The molecule has 0 aromatic rings. The van der Waals surface area contributed by atoms with Gasteiger partial charge < -0.3 is 24.6 Å². The first-order chi connectivity index (χ1) is 8.58. The van der Waals surface area contributed by atoms with Crippen LogP contribution in [0.15, 0.2) is 0 Å². The Morgan fingerprint density at radius 3 is 1.95 bits per heavy atom. The Labute approximate surface area is 112 Å². The van der Waals surface area contributed by atoms with E-state index in [1.54, 1.807) is 20.8 Å². The summed E-state index contributed by atoms with van der Waals surface area (Å²) in [6.07, 6.45) is -0.709. The average molecular weight is 275 g/mol. The number of hydrogen-bond donors (Lipinski definition) is 2. The van der Waals surface area contributed by atoms with Gasteiger partial charge in [0.05, 0.1) is 0 Å². The number of nitrogens with one attached hydrogen (secondary N) is 1. The van der Waals surface area contributed by atoms with Crippen molar-refractivity contribution in [1.82, 2.24) is 5.32 Å². The molecule has 0 atom stereocenters. The fourth-order valence-corrected chi connectivity index (χ4v) is 2.03. The van der Waals surface area contributed by atoms with Gasteiger partial charge in [-0.15, -0.1) is 0 Å². The van der Waals surface area contributed by atoms with E-state index in [1.807, 2.05) is 0 Å². The highest BCUT2D eigenvalue weighted by Crippen LogP contribution is 2.44. The summed E-state index contributed by atoms with van der Waals surface area (Å²) >= 11 is 0. The summed E-state index contributed by atoms with van der Waals surface area (Å²) in [6, 6.07) is 0. The first-order valence-electron chi connectivity index (χ1n) is 5.93. The molecule has 0 aromatic carbocycles. The molecule has 0 heterocycles. The van der Waals surface area contributed by atoms with E-state index in [0.29, 0.717) is 0 Å². The standard InChI is InChI=1S/C12H21NO6/c1-10(2,3)19-9(16)13-11(8(14)15)6-12(7-11,17-4)18-5/h6-7H2,1-5H3,(H,13,16)(H,14,15). The molecule has 0 radical (unpaired) electrons. The van der Waals surface area contributed by atoms with Crippen LogP contribution >= 0.6 is 0 Å². The van der Waals surface area contributed by atoms with E-state index in [0.717, 1.165) is 0 Å². The first kappa shape index (κ1) is 15.7. The Morgan fingerprint density at radius 2 is 1.63 bits per heavy atom. The number of carboxylic acids is 1. The molecule has 1 aliphatic rings. The largest absolute Gasteiger partial charge is 0.479 e. The van der Waals surface area contributed by atoms with Gasteiger partial charge in [0.15, 0.2) is 11.3 Å². The second kappa shape index (κ2) is 4.97. The molecule has 0 spiro atoms. The molecule has 0 saturated heterocycles. The minimum Gasteiger partial charge on any atom is -0.479 e. The number of ether oxygens (including phenoxy) is 3. The van der Waals surface area contributed by atoms with Crippen molar-refractivity contribution in [1.29, 1.82) is 0 Å². The van der Waals surface area contributed by atoms with Crippen LogP contribution in [0.4, 0.5) is 4.79 Å². The lowest BCUT2D eigenvalue weighted by Crippen LogP contribution is -2.70. The minimum atomic E-state index is -1.41. The van der Waals surface area contributed by atoms with Gasteiger partial charge >= 0.3 is 12.1 Å². The zero-order chi connectivity index (χ0) is 14.9. The van der Waals surface area contributed by atoms with Crippen molar-refractivity contribution in [3.05, 3.63) is 0 Å². The Bertz CT molecular complexity index is 361. The SMILES string of the molecule is COC1(OC)CC(NC(=O)OC(C)(C)C)(C(=O)O)C1. The third kappa shape index (κ3) is 3.36. The van der Waals surface area contributed by atoms with Crippen LogP contribution < -0.4 is 5.32 Å². The van der Waals surface area contributed by atoms with Gasteiger partial charge in [0.25, 0.3) is 0 Å². The maximum absolute atomic E-state index is 11.7. The molecule has 0 aliphatic heterocycles. The second-order valence-corrected chi connectivity index (χ2v) is 5.69. The van der Waals surface area contributed by atoms with Crippen LogP contribution in [-0.4, -0.2) is 48.3 Å². The topological polar surface area (TPSA) is 94.1 Å². The lowest BCUT2D eigenvalue weighted by Gasteiger charge is -2.51. The van der Waals surface area contributed by atoms with E-state index < -0.39 is 29.0 Å². The highest BCUT2D eigenvalue weighted by atomic mass is 16.7. The van der Waals surface area contributed by atoms with E-state index in [2.05, 4.69) is 5.32 Å². The molecule has 0 aromatic heterocycles. The van der Waals surface area contributed by atoms with Gasteiger partial charge in [-0.3, -0.25) is 0 Å². The summed E-state index contributed by atoms with van der Waals surface area (Å²) in [6.45, 7) is 5.11. The average Bonchev–Trinajstić information content (AvgIpc) is 2.19. The van der Waals surface area contributed by atoms with Gasteiger partial charge in [-0.1, -0.05) is 0 Å². The smallest absolute Gasteiger partial charge is 0.408 e. The van der Waals surface area contributed by atoms with E-state index >= 15 is 0 Å². The Morgan fingerprint density at radius 1 is 1.16 bits per heavy atom. The zero-order valence-electron chi connectivity index (χ0n) is 11.9. The van der Waals surface area contributed by atoms with Crippen molar-refractivity contribution >= 4 is 12.1 Å². The summed E-state index contributed by atoms with van der Waals surface area (Å²) in [5.74, 6) is -2.10. The Hall–Kier alpha value is -1.34. The van der Waals surface area contributed by atoms with Crippen molar-refractivity contribution in [2.45, 2.75) is 50.5 Å². The van der Waals surface area contributed by atoms with E-state index in [1.165, 1.54) is 14.2 Å². The van der Waals surface area contributed by atoms with Crippen molar-refractivity contribution in [3.8, 4) is 0 Å². The Kier molecular flexibility index (Phi) is 4.11. The third-order valence-corrected chi connectivity index (χ3v) is 3.04. The maximum atomic E-state index is 11.7. The predicted octanol–water partition coefficient (Wildman–Crippen LogP) is 1.12. The number of amides is 1. The zero-order valence-corrected chi connectivity index (χ0v) is 11.9. The van der Waals surface area contributed by atoms with E-state index in [4.69, 9.17) is 14.2 Å². The summed E-state index contributed by atoms with van der Waals surface area (Å²) in [7, 11) is 2.87. The Balaban J connectivity index is 2.72. The number of carbonyl (C=O) groups excluding carboxylic acids is 1. The van der Waals surface area contributed by atoms with Crippen LogP contribution in [0.5, 0.6) is 0 Å². The third-order valence-electron chi connectivity index (χ3n) is 3.04. The molecule has 7 heteroatoms. The molecule has 19 heavy (non-hydrogen) atoms. The van der Waals surface area contributed by atoms with Gasteiger partial charge in [-0.2, -0.15) is 0 Å². The molecule has 1 fully saturated rings. The normalized spacial score (nSPS) is 20.3. The van der Waals surface area contributed by atoms with Gasteiger partial charge in [0.1, 0.15) is 5.60 Å². The van der Waals surface area contributed by atoms with Gasteiger partial charge in [0.2, 0.25) is 0 Å². The fourth-order valence-electron chi connectivity index (χ4n) is 2.03. The van der Waals surface area contributed by atoms with Crippen molar-refractivity contribution in [3.63, 3.8) is 0 Å². The lowest BCUT2D eigenvalue weighted by atomic mass is 9.71. The number of carboxylic acid groups (broad SMARTS) is 1. The molecule has 1 aliphatic carbocycles. The predicted molar refractivity (Wildman–Crippen MR) is 65.7 cm³/mol. The fraction of sp³-hybridized carbons (Fsp3) is 0.833. The summed E-state index contributed by atoms with van der Waals surface area (Å²) in [5.41, 5.74) is -2.10. The van der Waals surface area contributed by atoms with Crippen LogP contribution in [0, 0.1) is 0 Å².